The number of likely N-dealkylation sites (tertiary alicyclic amines) is 1. The Morgan fingerprint density at radius 1 is 1.37 bits per heavy atom. The Labute approximate surface area is 120 Å². The maximum absolute atomic E-state index is 11.9. The third-order valence-corrected chi connectivity index (χ3v) is 3.83. The minimum absolute atomic E-state index is 0.179. The van der Waals surface area contributed by atoms with Crippen molar-refractivity contribution in [3.63, 3.8) is 0 Å². The molecule has 102 valence electrons. The molecule has 0 radical (unpaired) electrons. The third-order valence-electron chi connectivity index (χ3n) is 3.30. The maximum atomic E-state index is 11.9. The lowest BCUT2D eigenvalue weighted by Crippen LogP contribution is -2.35. The number of ether oxygens (including phenoxy) is 1. The van der Waals surface area contributed by atoms with E-state index in [2.05, 4.69) is 15.9 Å². The molecule has 0 saturated carbocycles. The molecule has 1 fully saturated rings. The Morgan fingerprint density at radius 2 is 2.05 bits per heavy atom. The van der Waals surface area contributed by atoms with E-state index in [1.807, 2.05) is 11.9 Å². The Morgan fingerprint density at radius 3 is 2.63 bits per heavy atom. The second-order valence-corrected chi connectivity index (χ2v) is 5.59. The Hall–Kier alpha value is -1.20. The van der Waals surface area contributed by atoms with Gasteiger partial charge < -0.3 is 4.74 Å². The molecular formula is C14H16BrNO3. The van der Waals surface area contributed by atoms with Gasteiger partial charge in [0.25, 0.3) is 0 Å². The largest absolute Gasteiger partial charge is 0.456 e. The van der Waals surface area contributed by atoms with Crippen molar-refractivity contribution < 1.29 is 14.3 Å². The molecule has 1 saturated heterocycles. The van der Waals surface area contributed by atoms with Crippen LogP contribution in [0.4, 0.5) is 0 Å². The molecule has 4 nitrogen and oxygen atoms in total. The number of rotatable bonds is 4. The summed E-state index contributed by atoms with van der Waals surface area (Å²) in [6.07, 6.45) is 1.80. The van der Waals surface area contributed by atoms with E-state index in [9.17, 15) is 9.59 Å². The van der Waals surface area contributed by atoms with Crippen LogP contribution in [0.25, 0.3) is 0 Å². The molecule has 0 bridgehead atoms. The van der Waals surface area contributed by atoms with Crippen molar-refractivity contribution in [1.29, 1.82) is 0 Å². The highest BCUT2D eigenvalue weighted by molar-refractivity contribution is 9.10. The Kier molecular flexibility index (Phi) is 4.71. The smallest absolute Gasteiger partial charge is 0.323 e. The molecular weight excluding hydrogens is 310 g/mol. The number of carbonyl (C=O) groups excluding carboxylic acids is 2. The average molecular weight is 326 g/mol. The van der Waals surface area contributed by atoms with E-state index < -0.39 is 0 Å². The Balaban J connectivity index is 1.86. The van der Waals surface area contributed by atoms with Crippen LogP contribution in [0.1, 0.15) is 23.2 Å². The van der Waals surface area contributed by atoms with Gasteiger partial charge in [0.1, 0.15) is 6.04 Å². The fourth-order valence-electron chi connectivity index (χ4n) is 2.16. The summed E-state index contributed by atoms with van der Waals surface area (Å²) in [6, 6.07) is 6.81. The van der Waals surface area contributed by atoms with Crippen LogP contribution in [-0.4, -0.2) is 42.9 Å². The lowest BCUT2D eigenvalue weighted by Gasteiger charge is -2.17. The third kappa shape index (κ3) is 3.64. The van der Waals surface area contributed by atoms with Crippen LogP contribution >= 0.6 is 15.9 Å². The number of halogens is 1. The summed E-state index contributed by atoms with van der Waals surface area (Å²) in [7, 11) is 1.90. The molecule has 1 atom stereocenters. The summed E-state index contributed by atoms with van der Waals surface area (Å²) >= 11 is 3.31. The summed E-state index contributed by atoms with van der Waals surface area (Å²) in [5.41, 5.74) is 0.552. The zero-order valence-electron chi connectivity index (χ0n) is 10.8. The highest BCUT2D eigenvalue weighted by atomic mass is 79.9. The summed E-state index contributed by atoms with van der Waals surface area (Å²) in [6.45, 7) is 0.714. The molecule has 0 aromatic heterocycles. The first-order chi connectivity index (χ1) is 9.08. The van der Waals surface area contributed by atoms with Crippen LogP contribution in [0.15, 0.2) is 28.7 Å². The molecule has 2 rings (SSSR count). The Bertz CT molecular complexity index is 472. The topological polar surface area (TPSA) is 46.6 Å². The van der Waals surface area contributed by atoms with Crippen molar-refractivity contribution in [2.24, 2.45) is 0 Å². The second kappa shape index (κ2) is 6.30. The lowest BCUT2D eigenvalue weighted by atomic mass is 10.1. The molecule has 1 aromatic carbocycles. The molecule has 0 N–H and O–H groups in total. The first-order valence-corrected chi connectivity index (χ1v) is 7.03. The molecule has 19 heavy (non-hydrogen) atoms. The molecule has 1 aliphatic rings. The van der Waals surface area contributed by atoms with Gasteiger partial charge in [-0.1, -0.05) is 28.1 Å². The quantitative estimate of drug-likeness (QED) is 0.629. The van der Waals surface area contributed by atoms with E-state index in [-0.39, 0.29) is 24.4 Å². The van der Waals surface area contributed by atoms with Gasteiger partial charge in [-0.15, -0.1) is 0 Å². The van der Waals surface area contributed by atoms with Gasteiger partial charge in [-0.3, -0.25) is 14.5 Å². The van der Waals surface area contributed by atoms with E-state index in [0.717, 1.165) is 23.9 Å². The number of likely N-dealkylation sites (N-methyl/N-ethyl adjacent to an activating group) is 1. The molecule has 5 heteroatoms. The van der Waals surface area contributed by atoms with Crippen molar-refractivity contribution in [3.05, 3.63) is 34.3 Å². The second-order valence-electron chi connectivity index (χ2n) is 4.68. The summed E-state index contributed by atoms with van der Waals surface area (Å²) in [5, 5.41) is 0. The number of benzene rings is 1. The van der Waals surface area contributed by atoms with Gasteiger partial charge in [0.15, 0.2) is 12.4 Å². The molecule has 1 aromatic rings. The molecule has 1 unspecified atom stereocenters. The molecule has 0 aliphatic carbocycles. The van der Waals surface area contributed by atoms with Crippen LogP contribution < -0.4 is 0 Å². The summed E-state index contributed by atoms with van der Waals surface area (Å²) in [5.74, 6) is -0.480. The minimum atomic E-state index is -0.300. The zero-order chi connectivity index (χ0) is 13.8. The first-order valence-electron chi connectivity index (χ1n) is 6.23. The van der Waals surface area contributed by atoms with Gasteiger partial charge in [0.05, 0.1) is 0 Å². The number of hydrogen-bond donors (Lipinski definition) is 0. The van der Waals surface area contributed by atoms with Gasteiger partial charge >= 0.3 is 5.97 Å². The number of ketones is 1. The van der Waals surface area contributed by atoms with Gasteiger partial charge in [0.2, 0.25) is 0 Å². The first kappa shape index (κ1) is 14.2. The maximum Gasteiger partial charge on any atom is 0.323 e. The number of carbonyl (C=O) groups is 2. The fraction of sp³-hybridized carbons (Fsp3) is 0.429. The predicted octanol–water partition coefficient (Wildman–Crippen LogP) is 2.27. The highest BCUT2D eigenvalue weighted by Gasteiger charge is 2.29. The average Bonchev–Trinajstić information content (AvgIpc) is 2.83. The van der Waals surface area contributed by atoms with Crippen molar-refractivity contribution >= 4 is 27.7 Å². The highest BCUT2D eigenvalue weighted by Crippen LogP contribution is 2.16. The van der Waals surface area contributed by atoms with Crippen molar-refractivity contribution in [3.8, 4) is 0 Å². The summed E-state index contributed by atoms with van der Waals surface area (Å²) < 4.78 is 6.01. The van der Waals surface area contributed by atoms with Crippen LogP contribution in [0, 0.1) is 0 Å². The number of nitrogens with zero attached hydrogens (tertiary/aromatic N) is 1. The number of Topliss-reactive ketones (excluding diaryl/α,β-unsaturated/α-hetero) is 1. The number of esters is 1. The van der Waals surface area contributed by atoms with Crippen LogP contribution in [0.5, 0.6) is 0 Å². The zero-order valence-corrected chi connectivity index (χ0v) is 12.4. The van der Waals surface area contributed by atoms with Crippen molar-refractivity contribution in [2.75, 3.05) is 20.2 Å². The lowest BCUT2D eigenvalue weighted by molar-refractivity contribution is -0.147. The SMILES string of the molecule is CN1CCCC1C(=O)OCC(=O)c1ccc(Br)cc1. The molecule has 0 spiro atoms. The van der Waals surface area contributed by atoms with E-state index in [0.29, 0.717) is 5.56 Å². The van der Waals surface area contributed by atoms with E-state index >= 15 is 0 Å². The normalized spacial score (nSPS) is 19.4. The van der Waals surface area contributed by atoms with E-state index in [4.69, 9.17) is 4.74 Å². The van der Waals surface area contributed by atoms with Crippen LogP contribution in [-0.2, 0) is 9.53 Å². The minimum Gasteiger partial charge on any atom is -0.456 e. The molecule has 1 aliphatic heterocycles. The van der Waals surface area contributed by atoms with E-state index in [1.54, 1.807) is 24.3 Å². The van der Waals surface area contributed by atoms with Gasteiger partial charge in [-0.25, -0.2) is 0 Å². The monoisotopic (exact) mass is 325 g/mol. The fourth-order valence-corrected chi connectivity index (χ4v) is 2.42. The standard InChI is InChI=1S/C14H16BrNO3/c1-16-8-2-3-12(16)14(18)19-9-13(17)10-4-6-11(15)7-5-10/h4-7,12H,2-3,8-9H2,1H3. The predicted molar refractivity (Wildman–Crippen MR) is 75.1 cm³/mol. The van der Waals surface area contributed by atoms with Gasteiger partial charge in [-0.05, 0) is 38.6 Å². The van der Waals surface area contributed by atoms with Crippen molar-refractivity contribution in [2.45, 2.75) is 18.9 Å². The van der Waals surface area contributed by atoms with Crippen LogP contribution in [0.2, 0.25) is 0 Å². The summed E-state index contributed by atoms with van der Waals surface area (Å²) in [4.78, 5) is 25.6. The van der Waals surface area contributed by atoms with Crippen molar-refractivity contribution in [1.82, 2.24) is 4.90 Å². The number of hydrogen-bond acceptors (Lipinski definition) is 4. The van der Waals surface area contributed by atoms with Crippen LogP contribution in [0.3, 0.4) is 0 Å². The molecule has 0 amide bonds. The van der Waals surface area contributed by atoms with Gasteiger partial charge in [0, 0.05) is 10.0 Å². The van der Waals surface area contributed by atoms with Gasteiger partial charge in [-0.2, -0.15) is 0 Å². The molecule has 1 heterocycles. The van der Waals surface area contributed by atoms with E-state index in [1.165, 1.54) is 0 Å².